The molecular weight excluding hydrogens is 136 g/mol. The second-order valence-corrected chi connectivity index (χ2v) is 2.63. The summed E-state index contributed by atoms with van der Waals surface area (Å²) in [5.74, 6) is 5.84. The quantitative estimate of drug-likeness (QED) is 0.555. The molecule has 0 fully saturated rings. The largest absolute Gasteiger partial charge is 0.255 e. The van der Waals surface area contributed by atoms with Gasteiger partial charge in [-0.3, -0.25) is 4.68 Å². The summed E-state index contributed by atoms with van der Waals surface area (Å²) in [5.41, 5.74) is 0.988. The van der Waals surface area contributed by atoms with Gasteiger partial charge in [-0.1, -0.05) is 5.92 Å². The smallest absolute Gasteiger partial charge is 0.111 e. The molecule has 0 unspecified atom stereocenters. The van der Waals surface area contributed by atoms with Crippen molar-refractivity contribution in [3.63, 3.8) is 0 Å². The van der Waals surface area contributed by atoms with Crippen LogP contribution in [0.4, 0.5) is 0 Å². The van der Waals surface area contributed by atoms with Crippen LogP contribution in [0.25, 0.3) is 0 Å². The summed E-state index contributed by atoms with van der Waals surface area (Å²) in [6.07, 6.45) is 1.78. The molecule has 58 valence electrons. The van der Waals surface area contributed by atoms with Gasteiger partial charge >= 0.3 is 0 Å². The monoisotopic (exact) mass is 148 g/mol. The summed E-state index contributed by atoms with van der Waals surface area (Å²) in [4.78, 5) is 0. The summed E-state index contributed by atoms with van der Waals surface area (Å²) in [7, 11) is 0. The Morgan fingerprint density at radius 3 is 2.82 bits per heavy atom. The highest BCUT2D eigenvalue weighted by Crippen LogP contribution is 2.05. The van der Waals surface area contributed by atoms with Gasteiger partial charge in [-0.25, -0.2) is 0 Å². The Kier molecular flexibility index (Phi) is 2.32. The molecule has 0 amide bonds. The molecule has 0 bridgehead atoms. The molecule has 0 aliphatic heterocycles. The molecule has 0 saturated carbocycles. The SMILES string of the molecule is CC#Cc1ccnn1C(C)C. The summed E-state index contributed by atoms with van der Waals surface area (Å²) < 4.78 is 1.91. The lowest BCUT2D eigenvalue weighted by atomic mass is 10.3. The molecule has 0 saturated heterocycles. The second kappa shape index (κ2) is 3.25. The number of hydrogen-bond donors (Lipinski definition) is 0. The Hall–Kier alpha value is -1.23. The van der Waals surface area contributed by atoms with Gasteiger partial charge in [-0.05, 0) is 32.8 Å². The first-order chi connectivity index (χ1) is 5.25. The molecule has 0 aliphatic carbocycles. The highest BCUT2D eigenvalue weighted by molar-refractivity contribution is 5.26. The van der Waals surface area contributed by atoms with E-state index in [2.05, 4.69) is 30.8 Å². The first kappa shape index (κ1) is 7.87. The highest BCUT2D eigenvalue weighted by Gasteiger charge is 2.01. The fourth-order valence-corrected chi connectivity index (χ4v) is 0.953. The van der Waals surface area contributed by atoms with Crippen molar-refractivity contribution in [2.75, 3.05) is 0 Å². The molecule has 1 aromatic rings. The molecule has 0 radical (unpaired) electrons. The van der Waals surface area contributed by atoms with Crippen molar-refractivity contribution >= 4 is 0 Å². The lowest BCUT2D eigenvalue weighted by Crippen LogP contribution is -2.04. The Morgan fingerprint density at radius 1 is 1.55 bits per heavy atom. The van der Waals surface area contributed by atoms with Gasteiger partial charge < -0.3 is 0 Å². The van der Waals surface area contributed by atoms with Crippen molar-refractivity contribution in [1.82, 2.24) is 9.78 Å². The molecule has 0 atom stereocenters. The zero-order valence-electron chi connectivity index (χ0n) is 7.13. The van der Waals surface area contributed by atoms with Crippen LogP contribution in [-0.4, -0.2) is 9.78 Å². The van der Waals surface area contributed by atoms with Crippen molar-refractivity contribution in [3.8, 4) is 11.8 Å². The molecule has 2 nitrogen and oxygen atoms in total. The normalized spacial score (nSPS) is 9.45. The maximum Gasteiger partial charge on any atom is 0.111 e. The third kappa shape index (κ3) is 1.62. The van der Waals surface area contributed by atoms with Crippen molar-refractivity contribution in [2.24, 2.45) is 0 Å². The summed E-state index contributed by atoms with van der Waals surface area (Å²) in [6.45, 7) is 6.01. The minimum atomic E-state index is 0.390. The second-order valence-electron chi connectivity index (χ2n) is 2.63. The number of aromatic nitrogens is 2. The van der Waals surface area contributed by atoms with Gasteiger partial charge in [0.2, 0.25) is 0 Å². The Morgan fingerprint density at radius 2 is 2.27 bits per heavy atom. The van der Waals surface area contributed by atoms with Crippen LogP contribution >= 0.6 is 0 Å². The molecule has 1 rings (SSSR count). The number of hydrogen-bond acceptors (Lipinski definition) is 1. The van der Waals surface area contributed by atoms with Crippen molar-refractivity contribution in [1.29, 1.82) is 0 Å². The number of nitrogens with zero attached hydrogens (tertiary/aromatic N) is 2. The van der Waals surface area contributed by atoms with E-state index in [0.29, 0.717) is 6.04 Å². The highest BCUT2D eigenvalue weighted by atomic mass is 15.3. The van der Waals surface area contributed by atoms with E-state index < -0.39 is 0 Å². The van der Waals surface area contributed by atoms with Crippen molar-refractivity contribution < 1.29 is 0 Å². The fraction of sp³-hybridized carbons (Fsp3) is 0.444. The van der Waals surface area contributed by atoms with Crippen LogP contribution in [-0.2, 0) is 0 Å². The van der Waals surface area contributed by atoms with E-state index in [9.17, 15) is 0 Å². The summed E-state index contributed by atoms with van der Waals surface area (Å²) in [6, 6.07) is 2.32. The van der Waals surface area contributed by atoms with Crippen LogP contribution in [0.3, 0.4) is 0 Å². The molecule has 0 N–H and O–H groups in total. The fourth-order valence-electron chi connectivity index (χ4n) is 0.953. The number of rotatable bonds is 1. The van der Waals surface area contributed by atoms with Gasteiger partial charge in [0.05, 0.1) is 6.20 Å². The van der Waals surface area contributed by atoms with Gasteiger partial charge in [0.25, 0.3) is 0 Å². The van der Waals surface area contributed by atoms with E-state index in [1.165, 1.54) is 0 Å². The molecule has 0 aliphatic rings. The molecule has 1 aromatic heterocycles. The standard InChI is InChI=1S/C9H12N2/c1-4-5-9-6-7-10-11(9)8(2)3/h6-8H,1-3H3. The first-order valence-corrected chi connectivity index (χ1v) is 3.72. The lowest BCUT2D eigenvalue weighted by Gasteiger charge is -2.05. The molecule has 1 heterocycles. The van der Waals surface area contributed by atoms with Crippen LogP contribution in [0.5, 0.6) is 0 Å². The van der Waals surface area contributed by atoms with E-state index in [1.807, 2.05) is 17.7 Å². The summed E-state index contributed by atoms with van der Waals surface area (Å²) in [5, 5.41) is 4.15. The van der Waals surface area contributed by atoms with E-state index in [1.54, 1.807) is 6.20 Å². The lowest BCUT2D eigenvalue weighted by molar-refractivity contribution is 0.527. The van der Waals surface area contributed by atoms with Crippen LogP contribution in [0.2, 0.25) is 0 Å². The van der Waals surface area contributed by atoms with E-state index in [4.69, 9.17) is 0 Å². The van der Waals surface area contributed by atoms with Gasteiger partial charge in [0.15, 0.2) is 0 Å². The van der Waals surface area contributed by atoms with Gasteiger partial charge in [0, 0.05) is 6.04 Å². The zero-order chi connectivity index (χ0) is 8.27. The predicted octanol–water partition coefficient (Wildman–Crippen LogP) is 1.84. The van der Waals surface area contributed by atoms with Gasteiger partial charge in [-0.15, -0.1) is 0 Å². The zero-order valence-corrected chi connectivity index (χ0v) is 7.13. The third-order valence-electron chi connectivity index (χ3n) is 1.41. The Bertz CT molecular complexity index is 286. The molecule has 0 spiro atoms. The third-order valence-corrected chi connectivity index (χ3v) is 1.41. The summed E-state index contributed by atoms with van der Waals surface area (Å²) >= 11 is 0. The van der Waals surface area contributed by atoms with Crippen LogP contribution in [0.1, 0.15) is 32.5 Å². The maximum atomic E-state index is 4.15. The van der Waals surface area contributed by atoms with Crippen molar-refractivity contribution in [3.05, 3.63) is 18.0 Å². The minimum absolute atomic E-state index is 0.390. The van der Waals surface area contributed by atoms with E-state index in [-0.39, 0.29) is 0 Å². The van der Waals surface area contributed by atoms with Crippen LogP contribution in [0, 0.1) is 11.8 Å². The van der Waals surface area contributed by atoms with Crippen molar-refractivity contribution in [2.45, 2.75) is 26.8 Å². The molecule has 11 heavy (non-hydrogen) atoms. The average molecular weight is 148 g/mol. The molecule has 2 heteroatoms. The average Bonchev–Trinajstić information content (AvgIpc) is 2.36. The van der Waals surface area contributed by atoms with Crippen LogP contribution in [0.15, 0.2) is 12.3 Å². The maximum absolute atomic E-state index is 4.15. The van der Waals surface area contributed by atoms with Gasteiger partial charge in [-0.2, -0.15) is 5.10 Å². The Balaban J connectivity index is 3.02. The van der Waals surface area contributed by atoms with Crippen LogP contribution < -0.4 is 0 Å². The Labute approximate surface area is 67.2 Å². The predicted molar refractivity (Wildman–Crippen MR) is 45.2 cm³/mol. The minimum Gasteiger partial charge on any atom is -0.255 e. The first-order valence-electron chi connectivity index (χ1n) is 3.72. The molecule has 0 aromatic carbocycles. The van der Waals surface area contributed by atoms with Gasteiger partial charge in [0.1, 0.15) is 5.69 Å². The molecular formula is C9H12N2. The topological polar surface area (TPSA) is 17.8 Å². The van der Waals surface area contributed by atoms with E-state index >= 15 is 0 Å². The van der Waals surface area contributed by atoms with E-state index in [0.717, 1.165) is 5.69 Å².